The number of hydrogen-bond acceptors (Lipinski definition) is 5. The summed E-state index contributed by atoms with van der Waals surface area (Å²) in [7, 11) is -3.68. The summed E-state index contributed by atoms with van der Waals surface area (Å²) >= 11 is 0. The molecule has 0 bridgehead atoms. The number of carbonyl (C=O) groups excluding carboxylic acids is 1. The maximum absolute atomic E-state index is 13.1. The Bertz CT molecular complexity index is 1020. The van der Waals surface area contributed by atoms with Gasteiger partial charge in [0.15, 0.2) is 0 Å². The quantitative estimate of drug-likeness (QED) is 0.520. The molecule has 1 amide bonds. The van der Waals surface area contributed by atoms with E-state index in [9.17, 15) is 13.2 Å². The molecule has 1 saturated heterocycles. The Morgan fingerprint density at radius 3 is 2.18 bits per heavy atom. The third-order valence-corrected chi connectivity index (χ3v) is 7.26. The number of nitrogens with zero attached hydrogens (tertiary/aromatic N) is 2. The molecule has 1 atom stereocenters. The van der Waals surface area contributed by atoms with Crippen molar-refractivity contribution in [1.29, 1.82) is 0 Å². The molecule has 7 nitrogen and oxygen atoms in total. The second kappa shape index (κ2) is 12.2. The first-order valence-corrected chi connectivity index (χ1v) is 14.0. The van der Waals surface area contributed by atoms with Gasteiger partial charge in [-0.3, -0.25) is 14.0 Å². The fraction of sp³-hybridized carbons (Fsp3) is 0.500. The Kier molecular flexibility index (Phi) is 9.36. The molecule has 1 fully saturated rings. The first-order chi connectivity index (χ1) is 16.3. The predicted octanol–water partition coefficient (Wildman–Crippen LogP) is 3.93. The summed E-state index contributed by atoms with van der Waals surface area (Å²) in [4.78, 5) is 15.5. The minimum absolute atomic E-state index is 0.320. The van der Waals surface area contributed by atoms with E-state index in [4.69, 9.17) is 4.74 Å². The zero-order valence-electron chi connectivity index (χ0n) is 20.5. The maximum Gasteiger partial charge on any atom is 0.244 e. The van der Waals surface area contributed by atoms with Gasteiger partial charge in [0.05, 0.1) is 18.6 Å². The van der Waals surface area contributed by atoms with Crippen LogP contribution in [0.4, 0.5) is 5.69 Å². The SMILES string of the molecule is CCOc1ccc(N([C@@H](CC)C(=O)NCc2ccc(CN3CCCCC3)cc2)S(C)(=O)=O)cc1. The molecular weight excluding hydrogens is 450 g/mol. The smallest absolute Gasteiger partial charge is 0.244 e. The summed E-state index contributed by atoms with van der Waals surface area (Å²) in [5, 5.41) is 2.92. The number of ether oxygens (including phenoxy) is 1. The number of amides is 1. The van der Waals surface area contributed by atoms with E-state index in [1.54, 1.807) is 24.3 Å². The van der Waals surface area contributed by atoms with Crippen LogP contribution < -0.4 is 14.4 Å². The van der Waals surface area contributed by atoms with Crippen molar-refractivity contribution in [2.75, 3.05) is 30.3 Å². The van der Waals surface area contributed by atoms with Crippen molar-refractivity contribution in [1.82, 2.24) is 10.2 Å². The molecule has 3 rings (SSSR count). The van der Waals surface area contributed by atoms with Crippen LogP contribution >= 0.6 is 0 Å². The van der Waals surface area contributed by atoms with Crippen LogP contribution in [0.2, 0.25) is 0 Å². The molecule has 186 valence electrons. The molecule has 1 heterocycles. The highest BCUT2D eigenvalue weighted by atomic mass is 32.2. The molecule has 34 heavy (non-hydrogen) atoms. The third-order valence-electron chi connectivity index (χ3n) is 6.08. The van der Waals surface area contributed by atoms with Crippen molar-refractivity contribution in [2.45, 2.75) is 58.7 Å². The number of piperidine rings is 1. The standard InChI is InChI=1S/C26H37N3O4S/c1-4-25(29(34(3,31)32)23-13-15-24(16-14-23)33-5-2)26(30)27-19-21-9-11-22(12-10-21)20-28-17-7-6-8-18-28/h9-16,25H,4-8,17-20H2,1-3H3,(H,27,30)/t25-/m0/s1. The topological polar surface area (TPSA) is 79.0 Å². The van der Waals surface area contributed by atoms with Crippen LogP contribution in [-0.2, 0) is 27.9 Å². The van der Waals surface area contributed by atoms with E-state index in [0.29, 0.717) is 31.0 Å². The highest BCUT2D eigenvalue weighted by Gasteiger charge is 2.31. The van der Waals surface area contributed by atoms with Crippen molar-refractivity contribution in [3.63, 3.8) is 0 Å². The third kappa shape index (κ3) is 7.21. The normalized spacial score (nSPS) is 15.5. The summed E-state index contributed by atoms with van der Waals surface area (Å²) in [6, 6.07) is 14.2. The van der Waals surface area contributed by atoms with Gasteiger partial charge < -0.3 is 10.1 Å². The van der Waals surface area contributed by atoms with Gasteiger partial charge in [0.25, 0.3) is 0 Å². The number of nitrogens with one attached hydrogen (secondary N) is 1. The van der Waals surface area contributed by atoms with Crippen LogP contribution in [-0.4, -0.2) is 51.2 Å². The lowest BCUT2D eigenvalue weighted by Crippen LogP contribution is -2.49. The fourth-order valence-electron chi connectivity index (χ4n) is 4.36. The molecular formula is C26H37N3O4S. The molecule has 1 N–H and O–H groups in total. The summed E-state index contributed by atoms with van der Waals surface area (Å²) in [6.45, 7) is 7.83. The van der Waals surface area contributed by atoms with E-state index in [1.165, 1.54) is 29.1 Å². The van der Waals surface area contributed by atoms with Gasteiger partial charge in [-0.15, -0.1) is 0 Å². The van der Waals surface area contributed by atoms with E-state index < -0.39 is 16.1 Å². The summed E-state index contributed by atoms with van der Waals surface area (Å²) < 4.78 is 31.9. The molecule has 0 unspecified atom stereocenters. The molecule has 2 aromatic carbocycles. The largest absolute Gasteiger partial charge is 0.494 e. The second-order valence-electron chi connectivity index (χ2n) is 8.78. The number of anilines is 1. The fourth-order valence-corrected chi connectivity index (χ4v) is 5.57. The van der Waals surface area contributed by atoms with Crippen LogP contribution in [0.25, 0.3) is 0 Å². The molecule has 0 radical (unpaired) electrons. The van der Waals surface area contributed by atoms with Gasteiger partial charge in [-0.05, 0) is 74.7 Å². The lowest BCUT2D eigenvalue weighted by Gasteiger charge is -2.30. The number of benzene rings is 2. The van der Waals surface area contributed by atoms with Gasteiger partial charge in [-0.2, -0.15) is 0 Å². The molecule has 0 spiro atoms. The molecule has 8 heteroatoms. The number of likely N-dealkylation sites (tertiary alicyclic amines) is 1. The van der Waals surface area contributed by atoms with Crippen molar-refractivity contribution < 1.29 is 17.9 Å². The average molecular weight is 488 g/mol. The Balaban J connectivity index is 1.64. The van der Waals surface area contributed by atoms with Gasteiger partial charge in [-0.1, -0.05) is 37.6 Å². The van der Waals surface area contributed by atoms with Crippen molar-refractivity contribution in [3.05, 3.63) is 59.7 Å². The Morgan fingerprint density at radius 1 is 1.00 bits per heavy atom. The average Bonchev–Trinajstić information content (AvgIpc) is 2.82. The van der Waals surface area contributed by atoms with Gasteiger partial charge in [0.1, 0.15) is 11.8 Å². The van der Waals surface area contributed by atoms with E-state index >= 15 is 0 Å². The van der Waals surface area contributed by atoms with E-state index in [0.717, 1.165) is 31.5 Å². The number of carbonyl (C=O) groups is 1. The van der Waals surface area contributed by atoms with Crippen LogP contribution in [0.3, 0.4) is 0 Å². The van der Waals surface area contributed by atoms with Crippen LogP contribution in [0, 0.1) is 0 Å². The lowest BCUT2D eigenvalue weighted by atomic mass is 10.1. The minimum Gasteiger partial charge on any atom is -0.494 e. The van der Waals surface area contributed by atoms with E-state index in [2.05, 4.69) is 22.3 Å². The monoisotopic (exact) mass is 487 g/mol. The van der Waals surface area contributed by atoms with Gasteiger partial charge in [0, 0.05) is 13.1 Å². The van der Waals surface area contributed by atoms with Crippen molar-refractivity contribution >= 4 is 21.6 Å². The molecule has 0 aliphatic carbocycles. The zero-order valence-corrected chi connectivity index (χ0v) is 21.3. The predicted molar refractivity (Wildman–Crippen MR) is 136 cm³/mol. The van der Waals surface area contributed by atoms with Crippen LogP contribution in [0.1, 0.15) is 50.7 Å². The van der Waals surface area contributed by atoms with Gasteiger partial charge in [0.2, 0.25) is 15.9 Å². The molecule has 0 aromatic heterocycles. The molecule has 0 saturated carbocycles. The van der Waals surface area contributed by atoms with E-state index in [1.807, 2.05) is 26.0 Å². The second-order valence-corrected chi connectivity index (χ2v) is 10.6. The number of sulfonamides is 1. The van der Waals surface area contributed by atoms with Gasteiger partial charge in [-0.25, -0.2) is 8.42 Å². The first-order valence-electron chi connectivity index (χ1n) is 12.1. The van der Waals surface area contributed by atoms with Crippen LogP contribution in [0.5, 0.6) is 5.75 Å². The van der Waals surface area contributed by atoms with Crippen molar-refractivity contribution in [2.24, 2.45) is 0 Å². The van der Waals surface area contributed by atoms with Crippen molar-refractivity contribution in [3.8, 4) is 5.75 Å². The Hall–Kier alpha value is -2.58. The highest BCUT2D eigenvalue weighted by Crippen LogP contribution is 2.25. The zero-order chi connectivity index (χ0) is 24.6. The number of rotatable bonds is 11. The molecule has 1 aliphatic heterocycles. The van der Waals surface area contributed by atoms with Gasteiger partial charge >= 0.3 is 0 Å². The minimum atomic E-state index is -3.68. The summed E-state index contributed by atoms with van der Waals surface area (Å²) in [6.07, 6.45) is 5.33. The maximum atomic E-state index is 13.1. The summed E-state index contributed by atoms with van der Waals surface area (Å²) in [5.41, 5.74) is 2.69. The number of hydrogen-bond donors (Lipinski definition) is 1. The molecule has 2 aromatic rings. The first kappa shape index (κ1) is 26.0. The molecule has 1 aliphatic rings. The highest BCUT2D eigenvalue weighted by molar-refractivity contribution is 7.92. The lowest BCUT2D eigenvalue weighted by molar-refractivity contribution is -0.122. The Morgan fingerprint density at radius 2 is 1.62 bits per heavy atom. The van der Waals surface area contributed by atoms with E-state index in [-0.39, 0.29) is 5.91 Å². The van der Waals surface area contributed by atoms with Crippen LogP contribution in [0.15, 0.2) is 48.5 Å². The Labute approximate surface area is 204 Å². The summed E-state index contributed by atoms with van der Waals surface area (Å²) in [5.74, 6) is 0.333.